The summed E-state index contributed by atoms with van der Waals surface area (Å²) in [5.41, 5.74) is 6.67. The maximum absolute atomic E-state index is 12.8. The molecule has 0 aliphatic rings. The molecule has 3 N–H and O–H groups in total. The molecular weight excluding hydrogens is 205 g/mol. The molecule has 1 aromatic carbocycles. The molecule has 0 spiro atoms. The van der Waals surface area contributed by atoms with E-state index in [-0.39, 0.29) is 5.69 Å². The van der Waals surface area contributed by atoms with E-state index in [1.165, 1.54) is 6.07 Å². The monoisotopic (exact) mass is 217 g/mol. The van der Waals surface area contributed by atoms with Gasteiger partial charge >= 0.3 is 0 Å². The summed E-state index contributed by atoms with van der Waals surface area (Å²) in [4.78, 5) is 3.89. The van der Waals surface area contributed by atoms with Gasteiger partial charge in [-0.25, -0.2) is 9.37 Å². The van der Waals surface area contributed by atoms with Crippen LogP contribution in [0.2, 0.25) is 0 Å². The maximum atomic E-state index is 12.8. The van der Waals surface area contributed by atoms with E-state index in [0.717, 1.165) is 11.8 Å². The van der Waals surface area contributed by atoms with Gasteiger partial charge in [-0.1, -0.05) is 30.3 Å². The van der Waals surface area contributed by atoms with Crippen molar-refractivity contribution in [3.8, 4) is 0 Å². The first-order valence-corrected chi connectivity index (χ1v) is 4.94. The summed E-state index contributed by atoms with van der Waals surface area (Å²) in [5, 5.41) is 3.07. The van der Waals surface area contributed by atoms with E-state index in [1.807, 2.05) is 30.3 Å². The van der Waals surface area contributed by atoms with Gasteiger partial charge in [0.05, 0.1) is 11.9 Å². The van der Waals surface area contributed by atoms with Gasteiger partial charge < -0.3 is 11.1 Å². The predicted molar refractivity (Wildman–Crippen MR) is 62.4 cm³/mol. The van der Waals surface area contributed by atoms with E-state index >= 15 is 0 Å². The lowest BCUT2D eigenvalue weighted by atomic mass is 10.2. The van der Waals surface area contributed by atoms with Crippen molar-refractivity contribution < 1.29 is 4.39 Å². The highest BCUT2D eigenvalue weighted by Crippen LogP contribution is 2.13. The molecule has 0 saturated heterocycles. The molecule has 3 nitrogen and oxygen atoms in total. The lowest BCUT2D eigenvalue weighted by Crippen LogP contribution is -2.02. The molecule has 0 aliphatic heterocycles. The Morgan fingerprint density at radius 1 is 1.25 bits per heavy atom. The van der Waals surface area contributed by atoms with Crippen molar-refractivity contribution in [3.05, 3.63) is 54.0 Å². The summed E-state index contributed by atoms with van der Waals surface area (Å²) in [5.74, 6) is 0.0769. The van der Waals surface area contributed by atoms with E-state index in [4.69, 9.17) is 5.73 Å². The molecule has 0 atom stereocenters. The third-order valence-electron chi connectivity index (χ3n) is 2.20. The number of hydrogen-bond donors (Lipinski definition) is 2. The van der Waals surface area contributed by atoms with Gasteiger partial charge in [0.1, 0.15) is 5.82 Å². The summed E-state index contributed by atoms with van der Waals surface area (Å²) in [6, 6.07) is 11.4. The molecule has 0 amide bonds. The number of nitrogens with one attached hydrogen (secondary N) is 1. The number of nitrogens with two attached hydrogens (primary N) is 1. The van der Waals surface area contributed by atoms with E-state index < -0.39 is 5.82 Å². The van der Waals surface area contributed by atoms with Crippen LogP contribution in [-0.4, -0.2) is 4.98 Å². The molecule has 2 rings (SSSR count). The molecule has 4 heteroatoms. The van der Waals surface area contributed by atoms with Crippen molar-refractivity contribution in [2.75, 3.05) is 11.1 Å². The van der Waals surface area contributed by atoms with Crippen molar-refractivity contribution in [1.29, 1.82) is 0 Å². The summed E-state index contributed by atoms with van der Waals surface area (Å²) >= 11 is 0. The Morgan fingerprint density at radius 2 is 2.00 bits per heavy atom. The predicted octanol–water partition coefficient (Wildman–Crippen LogP) is 2.42. The quantitative estimate of drug-likeness (QED) is 0.830. The lowest BCUT2D eigenvalue weighted by Gasteiger charge is -2.06. The largest absolute Gasteiger partial charge is 0.396 e. The van der Waals surface area contributed by atoms with Crippen LogP contribution in [0.15, 0.2) is 42.6 Å². The number of hydrogen-bond acceptors (Lipinski definition) is 3. The summed E-state index contributed by atoms with van der Waals surface area (Å²) in [6.07, 6.45) is 1.11. The molecule has 0 fully saturated rings. The van der Waals surface area contributed by atoms with Crippen LogP contribution >= 0.6 is 0 Å². The van der Waals surface area contributed by atoms with E-state index in [9.17, 15) is 4.39 Å². The molecule has 0 unspecified atom stereocenters. The number of nitrogen functional groups attached to an aromatic ring is 1. The van der Waals surface area contributed by atoms with Crippen LogP contribution in [0.25, 0.3) is 0 Å². The van der Waals surface area contributed by atoms with Crippen molar-refractivity contribution in [3.63, 3.8) is 0 Å². The van der Waals surface area contributed by atoms with E-state index in [0.29, 0.717) is 12.4 Å². The molecule has 0 radical (unpaired) electrons. The molecular formula is C12H12FN3. The van der Waals surface area contributed by atoms with Crippen LogP contribution in [0.1, 0.15) is 5.56 Å². The number of rotatable bonds is 3. The van der Waals surface area contributed by atoms with Gasteiger partial charge in [-0.3, -0.25) is 0 Å². The zero-order valence-electron chi connectivity index (χ0n) is 8.65. The van der Waals surface area contributed by atoms with Crippen LogP contribution < -0.4 is 11.1 Å². The van der Waals surface area contributed by atoms with Gasteiger partial charge in [-0.05, 0) is 5.56 Å². The summed E-state index contributed by atoms with van der Waals surface area (Å²) < 4.78 is 12.8. The minimum absolute atomic E-state index is 0.102. The van der Waals surface area contributed by atoms with Gasteiger partial charge in [0.15, 0.2) is 5.82 Å². The third-order valence-corrected chi connectivity index (χ3v) is 2.20. The first kappa shape index (κ1) is 10.4. The second-order valence-electron chi connectivity index (χ2n) is 3.43. The molecule has 1 aromatic heterocycles. The van der Waals surface area contributed by atoms with Crippen LogP contribution in [0.5, 0.6) is 0 Å². The number of aromatic nitrogens is 1. The fraction of sp³-hybridized carbons (Fsp3) is 0.0833. The smallest absolute Gasteiger partial charge is 0.164 e. The van der Waals surface area contributed by atoms with Crippen molar-refractivity contribution >= 4 is 11.5 Å². The minimum Gasteiger partial charge on any atom is -0.396 e. The standard InChI is InChI=1S/C12H12FN3/c13-10-8-16-12(6-11(10)14)15-7-9-4-2-1-3-5-9/h1-6,8H,7H2,(H3,14,15,16). The second kappa shape index (κ2) is 4.61. The van der Waals surface area contributed by atoms with Gasteiger partial charge in [0, 0.05) is 12.6 Å². The number of nitrogens with zero attached hydrogens (tertiary/aromatic N) is 1. The Labute approximate surface area is 93.1 Å². The number of pyridine rings is 1. The molecule has 0 saturated carbocycles. The molecule has 2 aromatic rings. The van der Waals surface area contributed by atoms with Crippen LogP contribution in [-0.2, 0) is 6.54 Å². The Hall–Kier alpha value is -2.10. The Balaban J connectivity index is 2.03. The zero-order valence-corrected chi connectivity index (χ0v) is 8.65. The summed E-state index contributed by atoms with van der Waals surface area (Å²) in [6.45, 7) is 0.638. The van der Waals surface area contributed by atoms with E-state index in [1.54, 1.807) is 0 Å². The zero-order chi connectivity index (χ0) is 11.4. The first-order chi connectivity index (χ1) is 7.75. The topological polar surface area (TPSA) is 50.9 Å². The third kappa shape index (κ3) is 2.48. The Bertz CT molecular complexity index is 471. The van der Waals surface area contributed by atoms with E-state index in [2.05, 4.69) is 10.3 Å². The van der Waals surface area contributed by atoms with Crippen LogP contribution in [0.3, 0.4) is 0 Å². The second-order valence-corrected chi connectivity index (χ2v) is 3.43. The molecule has 0 bridgehead atoms. The van der Waals surface area contributed by atoms with Gasteiger partial charge in [0.25, 0.3) is 0 Å². The van der Waals surface area contributed by atoms with Crippen molar-refractivity contribution in [2.45, 2.75) is 6.54 Å². The SMILES string of the molecule is Nc1cc(NCc2ccccc2)ncc1F. The lowest BCUT2D eigenvalue weighted by molar-refractivity contribution is 0.626. The van der Waals surface area contributed by atoms with Crippen molar-refractivity contribution in [1.82, 2.24) is 4.98 Å². The van der Waals surface area contributed by atoms with Crippen LogP contribution in [0, 0.1) is 5.82 Å². The molecule has 0 aliphatic carbocycles. The Morgan fingerprint density at radius 3 is 2.69 bits per heavy atom. The maximum Gasteiger partial charge on any atom is 0.164 e. The van der Waals surface area contributed by atoms with Crippen molar-refractivity contribution in [2.24, 2.45) is 0 Å². The highest BCUT2D eigenvalue weighted by Gasteiger charge is 2.00. The number of anilines is 2. The summed E-state index contributed by atoms with van der Waals surface area (Å²) in [7, 11) is 0. The average molecular weight is 217 g/mol. The minimum atomic E-state index is -0.495. The highest BCUT2D eigenvalue weighted by molar-refractivity contribution is 5.49. The number of halogens is 1. The number of benzene rings is 1. The highest BCUT2D eigenvalue weighted by atomic mass is 19.1. The average Bonchev–Trinajstić information content (AvgIpc) is 2.32. The first-order valence-electron chi connectivity index (χ1n) is 4.94. The Kier molecular flexibility index (Phi) is 3.00. The fourth-order valence-corrected chi connectivity index (χ4v) is 1.34. The van der Waals surface area contributed by atoms with Gasteiger partial charge in [-0.15, -0.1) is 0 Å². The molecule has 82 valence electrons. The van der Waals surface area contributed by atoms with Gasteiger partial charge in [-0.2, -0.15) is 0 Å². The molecule has 1 heterocycles. The van der Waals surface area contributed by atoms with Gasteiger partial charge in [0.2, 0.25) is 0 Å². The fourth-order valence-electron chi connectivity index (χ4n) is 1.34. The van der Waals surface area contributed by atoms with Crippen LogP contribution in [0.4, 0.5) is 15.9 Å². The normalized spacial score (nSPS) is 10.1. The molecule has 16 heavy (non-hydrogen) atoms.